The van der Waals surface area contributed by atoms with E-state index in [0.29, 0.717) is 23.0 Å². The second kappa shape index (κ2) is 5.97. The fourth-order valence-electron chi connectivity index (χ4n) is 5.37. The highest BCUT2D eigenvalue weighted by molar-refractivity contribution is 5.97. The minimum Gasteiger partial charge on any atom is -0.313 e. The number of benzene rings is 1. The summed E-state index contributed by atoms with van der Waals surface area (Å²) in [4.78, 5) is 4.92. The van der Waals surface area contributed by atoms with Crippen molar-refractivity contribution >= 4 is 22.6 Å². The maximum atomic E-state index is 10.2. The molecule has 0 radical (unpaired) electrons. The van der Waals surface area contributed by atoms with E-state index in [9.17, 15) is 5.26 Å². The van der Waals surface area contributed by atoms with Gasteiger partial charge in [-0.15, -0.1) is 0 Å². The Hall–Kier alpha value is -3.05. The van der Waals surface area contributed by atoms with Crippen molar-refractivity contribution in [2.45, 2.75) is 31.2 Å². The molecule has 0 spiro atoms. The quantitative estimate of drug-likeness (QED) is 0.713. The van der Waals surface area contributed by atoms with Gasteiger partial charge in [-0.05, 0) is 53.7 Å². The van der Waals surface area contributed by atoms with Crippen LogP contribution in [0.25, 0.3) is 11.0 Å². The SMILES string of the molecule is N#CC1C([C@H]2C[C@H]3CC[C@@H]2NC3)=Nc2[nH]ncc2C1c1cccc2nonc12. The summed E-state index contributed by atoms with van der Waals surface area (Å²) < 4.78 is 4.97. The Balaban J connectivity index is 1.52. The van der Waals surface area contributed by atoms with E-state index < -0.39 is 0 Å². The number of nitriles is 1. The number of H-pyrrole nitrogens is 1. The van der Waals surface area contributed by atoms with Crippen LogP contribution in [0.2, 0.25) is 0 Å². The number of aromatic amines is 1. The molecule has 1 saturated carbocycles. The summed E-state index contributed by atoms with van der Waals surface area (Å²) in [5.74, 6) is 1.15. The van der Waals surface area contributed by atoms with E-state index in [4.69, 9.17) is 9.62 Å². The third-order valence-corrected chi connectivity index (χ3v) is 6.67. The summed E-state index contributed by atoms with van der Waals surface area (Å²) in [6, 6.07) is 8.78. The van der Waals surface area contributed by atoms with Crippen molar-refractivity contribution in [1.82, 2.24) is 25.8 Å². The Morgan fingerprint density at radius 1 is 1.18 bits per heavy atom. The Morgan fingerprint density at radius 2 is 2.14 bits per heavy atom. The van der Waals surface area contributed by atoms with Crippen LogP contribution in [0.3, 0.4) is 0 Å². The zero-order chi connectivity index (χ0) is 18.7. The van der Waals surface area contributed by atoms with Crippen LogP contribution in [0.5, 0.6) is 0 Å². The van der Waals surface area contributed by atoms with Gasteiger partial charge in [-0.3, -0.25) is 5.10 Å². The molecule has 2 aromatic heterocycles. The minimum absolute atomic E-state index is 0.192. The third kappa shape index (κ3) is 2.20. The molecule has 140 valence electrons. The Bertz CT molecular complexity index is 1110. The largest absolute Gasteiger partial charge is 0.313 e. The normalized spacial score (nSPS) is 31.4. The number of nitrogens with zero attached hydrogens (tertiary/aromatic N) is 5. The van der Waals surface area contributed by atoms with E-state index in [1.807, 2.05) is 18.2 Å². The summed E-state index contributed by atoms with van der Waals surface area (Å²) in [5, 5.41) is 29.2. The van der Waals surface area contributed by atoms with Crippen molar-refractivity contribution in [3.63, 3.8) is 0 Å². The lowest BCUT2D eigenvalue weighted by atomic mass is 9.66. The number of nitrogens with one attached hydrogen (secondary N) is 2. The highest BCUT2D eigenvalue weighted by Crippen LogP contribution is 2.47. The molecule has 3 aromatic rings. The predicted molar refractivity (Wildman–Crippen MR) is 101 cm³/mol. The minimum atomic E-state index is -0.362. The second-order valence-electron chi connectivity index (χ2n) is 8.07. The highest BCUT2D eigenvalue weighted by atomic mass is 16.6. The Labute approximate surface area is 161 Å². The second-order valence-corrected chi connectivity index (χ2v) is 8.07. The van der Waals surface area contributed by atoms with Gasteiger partial charge in [0.2, 0.25) is 0 Å². The summed E-state index contributed by atoms with van der Waals surface area (Å²) >= 11 is 0. The first kappa shape index (κ1) is 16.0. The van der Waals surface area contributed by atoms with Crippen molar-refractivity contribution in [2.24, 2.45) is 22.7 Å². The van der Waals surface area contributed by atoms with Gasteiger partial charge in [-0.25, -0.2) is 9.62 Å². The lowest BCUT2D eigenvalue weighted by Gasteiger charge is -2.45. The van der Waals surface area contributed by atoms with E-state index in [-0.39, 0.29) is 17.8 Å². The molecule has 2 bridgehead atoms. The lowest BCUT2D eigenvalue weighted by molar-refractivity contribution is 0.175. The molecule has 5 heterocycles. The lowest BCUT2D eigenvalue weighted by Crippen LogP contribution is -2.54. The number of rotatable bonds is 2. The maximum absolute atomic E-state index is 10.2. The molecule has 3 fully saturated rings. The summed E-state index contributed by atoms with van der Waals surface area (Å²) in [6.07, 6.45) is 5.29. The van der Waals surface area contributed by atoms with E-state index in [0.717, 1.165) is 42.0 Å². The number of aliphatic imine (C=N–C) groups is 1. The van der Waals surface area contributed by atoms with Gasteiger partial charge in [0.15, 0.2) is 5.82 Å². The highest BCUT2D eigenvalue weighted by Gasteiger charge is 2.45. The van der Waals surface area contributed by atoms with Crippen molar-refractivity contribution in [2.75, 3.05) is 6.54 Å². The van der Waals surface area contributed by atoms with Gasteiger partial charge in [0, 0.05) is 29.2 Å². The van der Waals surface area contributed by atoms with E-state index in [1.165, 1.54) is 6.42 Å². The maximum Gasteiger partial charge on any atom is 0.151 e. The van der Waals surface area contributed by atoms with Crippen LogP contribution < -0.4 is 5.32 Å². The van der Waals surface area contributed by atoms with Crippen LogP contribution in [0, 0.1) is 29.1 Å². The average molecular weight is 373 g/mol. The molecule has 7 rings (SSSR count). The molecule has 2 N–H and O–H groups in total. The van der Waals surface area contributed by atoms with Crippen molar-refractivity contribution < 1.29 is 4.63 Å². The number of fused-ring (bicyclic) bond motifs is 5. The van der Waals surface area contributed by atoms with Gasteiger partial charge in [0.1, 0.15) is 11.0 Å². The number of piperidine rings is 2. The fraction of sp³-hybridized carbons (Fsp3) is 0.450. The van der Waals surface area contributed by atoms with Crippen LogP contribution in [-0.4, -0.2) is 38.8 Å². The molecule has 2 unspecified atom stereocenters. The molecular weight excluding hydrogens is 354 g/mol. The molecule has 3 aliphatic heterocycles. The van der Waals surface area contributed by atoms with E-state index in [1.54, 1.807) is 6.20 Å². The third-order valence-electron chi connectivity index (χ3n) is 6.67. The average Bonchev–Trinajstić information content (AvgIpc) is 3.42. The zero-order valence-corrected chi connectivity index (χ0v) is 15.2. The van der Waals surface area contributed by atoms with Crippen LogP contribution in [0.4, 0.5) is 5.82 Å². The molecule has 2 saturated heterocycles. The van der Waals surface area contributed by atoms with E-state index in [2.05, 4.69) is 31.9 Å². The zero-order valence-electron chi connectivity index (χ0n) is 15.2. The standard InChI is InChI=1S/C20H19N7O/c21-7-13-17(11-2-1-3-16-19(11)27-28-26-16)14-9-23-25-20(14)24-18(13)12-6-10-4-5-15(12)22-8-10/h1-3,9-10,12-13,15,17,22H,4-6,8H2,(H,23,25)/t10-,12+,13?,15+,17?/m1/s1. The summed E-state index contributed by atoms with van der Waals surface area (Å²) in [6.45, 7) is 1.08. The predicted octanol–water partition coefficient (Wildman–Crippen LogP) is 2.69. The smallest absolute Gasteiger partial charge is 0.151 e. The first-order chi connectivity index (χ1) is 13.8. The molecule has 0 amide bonds. The molecule has 4 aliphatic rings. The number of hydrogen-bond donors (Lipinski definition) is 2. The fourth-order valence-corrected chi connectivity index (χ4v) is 5.37. The number of aromatic nitrogens is 4. The van der Waals surface area contributed by atoms with Crippen molar-refractivity contribution in [1.29, 1.82) is 5.26 Å². The Kier molecular flexibility index (Phi) is 3.40. The molecule has 8 nitrogen and oxygen atoms in total. The molecule has 5 atom stereocenters. The van der Waals surface area contributed by atoms with Gasteiger partial charge in [0.25, 0.3) is 0 Å². The van der Waals surface area contributed by atoms with Crippen LogP contribution >= 0.6 is 0 Å². The summed E-state index contributed by atoms with van der Waals surface area (Å²) in [5.41, 5.74) is 4.24. The topological polar surface area (TPSA) is 116 Å². The van der Waals surface area contributed by atoms with Crippen molar-refractivity contribution in [3.05, 3.63) is 35.5 Å². The van der Waals surface area contributed by atoms with Crippen molar-refractivity contribution in [3.8, 4) is 6.07 Å². The summed E-state index contributed by atoms with van der Waals surface area (Å²) in [7, 11) is 0. The van der Waals surface area contributed by atoms with Crippen LogP contribution in [0.15, 0.2) is 34.0 Å². The van der Waals surface area contributed by atoms with Crippen LogP contribution in [-0.2, 0) is 0 Å². The monoisotopic (exact) mass is 373 g/mol. The molecule has 1 aliphatic carbocycles. The van der Waals surface area contributed by atoms with E-state index >= 15 is 0 Å². The van der Waals surface area contributed by atoms with Crippen LogP contribution in [0.1, 0.15) is 36.3 Å². The molecule has 28 heavy (non-hydrogen) atoms. The first-order valence-corrected chi connectivity index (χ1v) is 9.79. The van der Waals surface area contributed by atoms with Gasteiger partial charge >= 0.3 is 0 Å². The van der Waals surface area contributed by atoms with Gasteiger partial charge in [-0.2, -0.15) is 10.4 Å². The molecule has 8 heteroatoms. The first-order valence-electron chi connectivity index (χ1n) is 9.79. The molecule has 1 aromatic carbocycles. The molecular formula is C20H19N7O. The van der Waals surface area contributed by atoms with Gasteiger partial charge < -0.3 is 5.32 Å². The van der Waals surface area contributed by atoms with Gasteiger partial charge in [0.05, 0.1) is 18.2 Å². The number of hydrogen-bond acceptors (Lipinski definition) is 7. The van der Waals surface area contributed by atoms with Gasteiger partial charge in [-0.1, -0.05) is 12.1 Å². The Morgan fingerprint density at radius 3 is 2.93 bits per heavy atom.